The van der Waals surface area contributed by atoms with Crippen LogP contribution in [0.1, 0.15) is 11.1 Å². The van der Waals surface area contributed by atoms with Crippen molar-refractivity contribution in [1.82, 2.24) is 4.57 Å². The lowest BCUT2D eigenvalue weighted by Crippen LogP contribution is -2.57. The van der Waals surface area contributed by atoms with Crippen molar-refractivity contribution in [2.45, 2.75) is 13.8 Å². The SMILES string of the molecule is Cc1cccc2c1Oc1cc(-n3c4ccccc4c4ccccc43)cc3c1B2c1cccc(C)c1O3. The van der Waals surface area contributed by atoms with Crippen LogP contribution in [0.5, 0.6) is 23.0 Å². The third kappa shape index (κ3) is 2.53. The van der Waals surface area contributed by atoms with Gasteiger partial charge in [0.2, 0.25) is 0 Å². The molecule has 0 unspecified atom stereocenters. The summed E-state index contributed by atoms with van der Waals surface area (Å²) in [6, 6.07) is 34.4. The topological polar surface area (TPSA) is 23.4 Å². The third-order valence-electron chi connectivity index (χ3n) is 7.75. The van der Waals surface area contributed by atoms with Gasteiger partial charge < -0.3 is 14.0 Å². The maximum Gasteiger partial charge on any atom is 0.260 e. The van der Waals surface area contributed by atoms with E-state index in [1.165, 1.54) is 32.7 Å². The zero-order chi connectivity index (χ0) is 24.0. The quantitative estimate of drug-likeness (QED) is 0.274. The molecule has 0 atom stereocenters. The Morgan fingerprint density at radius 1 is 0.583 bits per heavy atom. The van der Waals surface area contributed by atoms with Crippen LogP contribution in [0.25, 0.3) is 27.5 Å². The highest BCUT2D eigenvalue weighted by Crippen LogP contribution is 2.40. The fraction of sp³-hybridized carbons (Fsp3) is 0.0625. The smallest absolute Gasteiger partial charge is 0.260 e. The first-order chi connectivity index (χ1) is 17.7. The highest BCUT2D eigenvalue weighted by Gasteiger charge is 2.41. The molecule has 5 aromatic carbocycles. The normalized spacial score (nSPS) is 13.1. The number of ether oxygens (including phenoxy) is 2. The molecule has 0 aliphatic carbocycles. The van der Waals surface area contributed by atoms with Gasteiger partial charge in [0.05, 0.1) is 16.7 Å². The third-order valence-corrected chi connectivity index (χ3v) is 7.75. The molecule has 3 heterocycles. The first-order valence-corrected chi connectivity index (χ1v) is 12.4. The fourth-order valence-corrected chi connectivity index (χ4v) is 6.15. The molecule has 0 spiro atoms. The standard InChI is InChI=1S/C32H22BNO2/c1-19-9-7-13-24-31(19)35-28-17-21(18-29-30(28)33(24)25-14-8-10-20(2)32(25)36-29)34-26-15-5-3-11-22(26)23-12-4-6-16-27(23)34/h3-18H,1-2H3. The van der Waals surface area contributed by atoms with Crippen LogP contribution in [-0.2, 0) is 0 Å². The number of aromatic nitrogens is 1. The van der Waals surface area contributed by atoms with Crippen LogP contribution in [0.4, 0.5) is 0 Å². The van der Waals surface area contributed by atoms with Crippen LogP contribution in [0, 0.1) is 13.8 Å². The highest BCUT2D eigenvalue weighted by atomic mass is 16.5. The minimum atomic E-state index is 0.0782. The van der Waals surface area contributed by atoms with Crippen LogP contribution in [0.2, 0.25) is 0 Å². The van der Waals surface area contributed by atoms with Crippen molar-refractivity contribution in [3.05, 3.63) is 108 Å². The Balaban J connectivity index is 1.46. The molecule has 0 bridgehead atoms. The average Bonchev–Trinajstić information content (AvgIpc) is 3.24. The van der Waals surface area contributed by atoms with Crippen molar-refractivity contribution in [1.29, 1.82) is 0 Å². The second-order valence-corrected chi connectivity index (χ2v) is 9.85. The van der Waals surface area contributed by atoms with Crippen LogP contribution >= 0.6 is 0 Å². The van der Waals surface area contributed by atoms with E-state index in [1.807, 2.05) is 0 Å². The van der Waals surface area contributed by atoms with Crippen molar-refractivity contribution in [3.63, 3.8) is 0 Å². The summed E-state index contributed by atoms with van der Waals surface area (Å²) in [5.74, 6) is 3.64. The van der Waals surface area contributed by atoms with Gasteiger partial charge in [-0.1, -0.05) is 72.8 Å². The Labute approximate surface area is 209 Å². The molecule has 3 nitrogen and oxygen atoms in total. The number of hydrogen-bond acceptors (Lipinski definition) is 2. The fourth-order valence-electron chi connectivity index (χ4n) is 6.15. The lowest BCUT2D eigenvalue weighted by molar-refractivity contribution is 0.460. The van der Waals surface area contributed by atoms with Crippen molar-refractivity contribution < 1.29 is 9.47 Å². The van der Waals surface area contributed by atoms with Gasteiger partial charge in [0.15, 0.2) is 0 Å². The highest BCUT2D eigenvalue weighted by molar-refractivity contribution is 6.98. The molecule has 170 valence electrons. The van der Waals surface area contributed by atoms with Gasteiger partial charge in [-0.25, -0.2) is 0 Å². The maximum atomic E-state index is 6.67. The van der Waals surface area contributed by atoms with Gasteiger partial charge >= 0.3 is 0 Å². The number of fused-ring (bicyclic) bond motifs is 7. The molecule has 6 aromatic rings. The molecule has 0 saturated heterocycles. The van der Waals surface area contributed by atoms with Crippen LogP contribution < -0.4 is 25.9 Å². The summed E-state index contributed by atoms with van der Waals surface area (Å²) < 4.78 is 15.7. The predicted molar refractivity (Wildman–Crippen MR) is 148 cm³/mol. The van der Waals surface area contributed by atoms with Crippen LogP contribution in [-0.4, -0.2) is 11.3 Å². The van der Waals surface area contributed by atoms with E-state index in [4.69, 9.17) is 9.47 Å². The molecule has 0 fully saturated rings. The number of para-hydroxylation sites is 4. The van der Waals surface area contributed by atoms with Gasteiger partial charge in [0.25, 0.3) is 6.71 Å². The molecular formula is C32H22BNO2. The van der Waals surface area contributed by atoms with Crippen molar-refractivity contribution in [2.75, 3.05) is 0 Å². The summed E-state index contributed by atoms with van der Waals surface area (Å²) in [5, 5.41) is 2.48. The minimum Gasteiger partial charge on any atom is -0.458 e. The van der Waals surface area contributed by atoms with E-state index in [0.717, 1.165) is 45.3 Å². The molecule has 0 radical (unpaired) electrons. The monoisotopic (exact) mass is 463 g/mol. The summed E-state index contributed by atoms with van der Waals surface area (Å²) in [7, 11) is 0. The van der Waals surface area contributed by atoms with Gasteiger partial charge in [0.1, 0.15) is 23.0 Å². The van der Waals surface area contributed by atoms with Gasteiger partial charge in [-0.15, -0.1) is 0 Å². The molecule has 4 heteroatoms. The molecule has 36 heavy (non-hydrogen) atoms. The number of aryl methyl sites for hydroxylation is 2. The number of benzene rings is 5. The van der Waals surface area contributed by atoms with E-state index in [1.54, 1.807) is 0 Å². The Kier molecular flexibility index (Phi) is 3.88. The van der Waals surface area contributed by atoms with Gasteiger partial charge in [-0.2, -0.15) is 0 Å². The Hall–Kier alpha value is -4.44. The first-order valence-electron chi connectivity index (χ1n) is 12.4. The summed E-state index contributed by atoms with van der Waals surface area (Å²) >= 11 is 0. The van der Waals surface area contributed by atoms with E-state index in [0.29, 0.717) is 0 Å². The molecule has 2 aliphatic rings. The van der Waals surface area contributed by atoms with Gasteiger partial charge in [-0.3, -0.25) is 0 Å². The van der Waals surface area contributed by atoms with Gasteiger partial charge in [-0.05, 0) is 48.0 Å². The lowest BCUT2D eigenvalue weighted by Gasteiger charge is -2.34. The predicted octanol–water partition coefficient (Wildman–Crippen LogP) is 6.13. The van der Waals surface area contributed by atoms with Crippen LogP contribution in [0.15, 0.2) is 97.1 Å². The first kappa shape index (κ1) is 19.8. The molecule has 0 saturated carbocycles. The molecule has 1 aromatic heterocycles. The molecule has 8 rings (SSSR count). The van der Waals surface area contributed by atoms with Crippen molar-refractivity contribution >= 4 is 44.9 Å². The Morgan fingerprint density at radius 3 is 1.61 bits per heavy atom. The molecule has 0 amide bonds. The number of nitrogens with zero attached hydrogens (tertiary/aromatic N) is 1. The Morgan fingerprint density at radius 2 is 1.08 bits per heavy atom. The van der Waals surface area contributed by atoms with Gasteiger partial charge in [0, 0.05) is 28.4 Å². The molecule has 0 N–H and O–H groups in total. The van der Waals surface area contributed by atoms with Crippen molar-refractivity contribution in [2.24, 2.45) is 0 Å². The maximum absolute atomic E-state index is 6.67. The van der Waals surface area contributed by atoms with E-state index >= 15 is 0 Å². The lowest BCUT2D eigenvalue weighted by atomic mass is 9.34. The zero-order valence-corrected chi connectivity index (χ0v) is 20.1. The average molecular weight is 463 g/mol. The van der Waals surface area contributed by atoms with Crippen molar-refractivity contribution in [3.8, 4) is 28.7 Å². The second kappa shape index (κ2) is 7.05. The summed E-state index contributed by atoms with van der Waals surface area (Å²) in [4.78, 5) is 0. The largest absolute Gasteiger partial charge is 0.458 e. The summed E-state index contributed by atoms with van der Waals surface area (Å²) in [6.45, 7) is 4.32. The molecular weight excluding hydrogens is 441 g/mol. The second-order valence-electron chi connectivity index (χ2n) is 9.85. The summed E-state index contributed by atoms with van der Waals surface area (Å²) in [5.41, 5.74) is 9.16. The van der Waals surface area contributed by atoms with E-state index in [-0.39, 0.29) is 6.71 Å². The van der Waals surface area contributed by atoms with E-state index < -0.39 is 0 Å². The number of rotatable bonds is 1. The summed E-state index contributed by atoms with van der Waals surface area (Å²) in [6.07, 6.45) is 0. The van der Waals surface area contributed by atoms with E-state index in [9.17, 15) is 0 Å². The number of hydrogen-bond donors (Lipinski definition) is 0. The minimum absolute atomic E-state index is 0.0782. The van der Waals surface area contributed by atoms with Crippen LogP contribution in [0.3, 0.4) is 0 Å². The zero-order valence-electron chi connectivity index (χ0n) is 20.1. The van der Waals surface area contributed by atoms with E-state index in [2.05, 4.69) is 115 Å². The molecule has 2 aliphatic heterocycles. The Bertz CT molecular complexity index is 1750.